The molecule has 15 heavy (non-hydrogen) atoms. The van der Waals surface area contributed by atoms with E-state index in [1.807, 2.05) is 13.8 Å². The zero-order chi connectivity index (χ0) is 11.6. The van der Waals surface area contributed by atoms with Crippen LogP contribution in [0.25, 0.3) is 0 Å². The molecule has 0 saturated heterocycles. The second-order valence-corrected chi connectivity index (χ2v) is 3.77. The summed E-state index contributed by atoms with van der Waals surface area (Å²) in [5.74, 6) is 0.643. The molecule has 4 heteroatoms. The highest BCUT2D eigenvalue weighted by molar-refractivity contribution is 5.40. The topological polar surface area (TPSA) is 68.4 Å². The summed E-state index contributed by atoms with van der Waals surface area (Å²) in [6, 6.07) is 1.45. The number of rotatable bonds is 3. The van der Waals surface area contributed by atoms with Gasteiger partial charge >= 0.3 is 0 Å². The van der Waals surface area contributed by atoms with E-state index in [1.165, 1.54) is 0 Å². The van der Waals surface area contributed by atoms with Gasteiger partial charge in [-0.3, -0.25) is 4.98 Å². The van der Waals surface area contributed by atoms with E-state index in [0.717, 1.165) is 11.4 Å². The van der Waals surface area contributed by atoms with Crippen LogP contribution in [-0.2, 0) is 0 Å². The summed E-state index contributed by atoms with van der Waals surface area (Å²) in [5.41, 5.74) is 7.97. The minimum Gasteiger partial charge on any atom is -0.496 e. The van der Waals surface area contributed by atoms with E-state index in [-0.39, 0.29) is 6.04 Å². The number of ether oxygens (including phenoxy) is 1. The third-order valence-electron chi connectivity index (χ3n) is 2.35. The maximum Gasteiger partial charge on any atom is 0.128 e. The van der Waals surface area contributed by atoms with Crippen molar-refractivity contribution in [2.75, 3.05) is 7.11 Å². The van der Waals surface area contributed by atoms with Crippen molar-refractivity contribution in [1.29, 1.82) is 0 Å². The molecule has 0 radical (unpaired) electrons. The quantitative estimate of drug-likeness (QED) is 0.783. The predicted octanol–water partition coefficient (Wildman–Crippen LogP) is 1.09. The average Bonchev–Trinajstić information content (AvgIpc) is 2.15. The Morgan fingerprint density at radius 1 is 1.47 bits per heavy atom. The SMILES string of the molecule is COc1cc(C)nc(C)c1C(O)C(C)N. The molecule has 1 aromatic heterocycles. The van der Waals surface area contributed by atoms with E-state index >= 15 is 0 Å². The molecule has 1 heterocycles. The van der Waals surface area contributed by atoms with Crippen LogP contribution in [0.5, 0.6) is 5.75 Å². The fraction of sp³-hybridized carbons (Fsp3) is 0.545. The van der Waals surface area contributed by atoms with Crippen molar-refractivity contribution < 1.29 is 9.84 Å². The number of hydrogen-bond donors (Lipinski definition) is 2. The summed E-state index contributed by atoms with van der Waals surface area (Å²) < 4.78 is 5.22. The molecular weight excluding hydrogens is 192 g/mol. The maximum absolute atomic E-state index is 9.94. The number of aryl methyl sites for hydroxylation is 2. The Hall–Kier alpha value is -1.13. The summed E-state index contributed by atoms with van der Waals surface area (Å²) in [4.78, 5) is 4.29. The summed E-state index contributed by atoms with van der Waals surface area (Å²) in [7, 11) is 1.58. The van der Waals surface area contributed by atoms with Crippen LogP contribution in [0.4, 0.5) is 0 Å². The number of nitrogens with two attached hydrogens (primary N) is 1. The molecule has 0 aliphatic carbocycles. The molecule has 84 valence electrons. The largest absolute Gasteiger partial charge is 0.496 e. The number of aromatic nitrogens is 1. The van der Waals surface area contributed by atoms with Crippen molar-refractivity contribution in [3.63, 3.8) is 0 Å². The van der Waals surface area contributed by atoms with Gasteiger partial charge in [0.15, 0.2) is 0 Å². The second-order valence-electron chi connectivity index (χ2n) is 3.77. The van der Waals surface area contributed by atoms with Crippen LogP contribution in [0.15, 0.2) is 6.07 Å². The first-order valence-corrected chi connectivity index (χ1v) is 4.93. The molecule has 2 atom stereocenters. The summed E-state index contributed by atoms with van der Waals surface area (Å²) in [6.07, 6.45) is -0.743. The molecule has 0 fully saturated rings. The highest BCUT2D eigenvalue weighted by Crippen LogP contribution is 2.29. The van der Waals surface area contributed by atoms with E-state index in [2.05, 4.69) is 4.98 Å². The van der Waals surface area contributed by atoms with Crippen LogP contribution in [0.2, 0.25) is 0 Å². The van der Waals surface area contributed by atoms with Crippen molar-refractivity contribution in [2.45, 2.75) is 32.9 Å². The fourth-order valence-corrected chi connectivity index (χ4v) is 1.59. The monoisotopic (exact) mass is 210 g/mol. The number of hydrogen-bond acceptors (Lipinski definition) is 4. The number of aliphatic hydroxyl groups is 1. The van der Waals surface area contributed by atoms with Gasteiger partial charge in [0.1, 0.15) is 5.75 Å². The lowest BCUT2D eigenvalue weighted by atomic mass is 10.0. The Kier molecular flexibility index (Phi) is 3.66. The third kappa shape index (κ3) is 2.46. The number of aliphatic hydroxyl groups excluding tert-OH is 1. The Morgan fingerprint density at radius 3 is 2.53 bits per heavy atom. The van der Waals surface area contributed by atoms with Crippen LogP contribution in [0.3, 0.4) is 0 Å². The first-order valence-electron chi connectivity index (χ1n) is 4.93. The molecule has 3 N–H and O–H groups in total. The summed E-state index contributed by atoms with van der Waals surface area (Å²) in [6.45, 7) is 5.48. The van der Waals surface area contributed by atoms with Crippen molar-refractivity contribution >= 4 is 0 Å². The lowest BCUT2D eigenvalue weighted by Crippen LogP contribution is -2.25. The van der Waals surface area contributed by atoms with Gasteiger partial charge in [-0.25, -0.2) is 0 Å². The predicted molar refractivity (Wildman–Crippen MR) is 58.9 cm³/mol. The van der Waals surface area contributed by atoms with Gasteiger partial charge in [-0.1, -0.05) is 0 Å². The molecule has 2 unspecified atom stereocenters. The fourth-order valence-electron chi connectivity index (χ4n) is 1.59. The maximum atomic E-state index is 9.94. The van der Waals surface area contributed by atoms with Gasteiger partial charge in [-0.2, -0.15) is 0 Å². The van der Waals surface area contributed by atoms with E-state index in [4.69, 9.17) is 10.5 Å². The van der Waals surface area contributed by atoms with Crippen LogP contribution in [0, 0.1) is 13.8 Å². The zero-order valence-corrected chi connectivity index (χ0v) is 9.61. The van der Waals surface area contributed by atoms with Gasteiger partial charge < -0.3 is 15.6 Å². The highest BCUT2D eigenvalue weighted by atomic mass is 16.5. The van der Waals surface area contributed by atoms with E-state index in [1.54, 1.807) is 20.1 Å². The number of methoxy groups -OCH3 is 1. The van der Waals surface area contributed by atoms with E-state index < -0.39 is 6.10 Å². The highest BCUT2D eigenvalue weighted by Gasteiger charge is 2.20. The molecule has 0 aliphatic rings. The minimum atomic E-state index is -0.743. The second kappa shape index (κ2) is 4.59. The Bertz CT molecular complexity index is 351. The average molecular weight is 210 g/mol. The molecule has 4 nitrogen and oxygen atoms in total. The van der Waals surface area contributed by atoms with Crippen molar-refractivity contribution in [1.82, 2.24) is 4.98 Å². The summed E-state index contributed by atoms with van der Waals surface area (Å²) in [5, 5.41) is 9.94. The van der Waals surface area contributed by atoms with Gasteiger partial charge in [0.05, 0.1) is 13.2 Å². The number of nitrogens with zero attached hydrogens (tertiary/aromatic N) is 1. The Labute approximate surface area is 90.1 Å². The molecular formula is C11H18N2O2. The Morgan fingerprint density at radius 2 is 2.07 bits per heavy atom. The lowest BCUT2D eigenvalue weighted by Gasteiger charge is -2.20. The Balaban J connectivity index is 3.26. The zero-order valence-electron chi connectivity index (χ0n) is 9.61. The summed E-state index contributed by atoms with van der Waals surface area (Å²) >= 11 is 0. The van der Waals surface area contributed by atoms with Crippen LogP contribution in [0.1, 0.15) is 30.0 Å². The standard InChI is InChI=1S/C11H18N2O2/c1-6-5-9(15-4)10(8(3)13-6)11(14)7(2)12/h5,7,11,14H,12H2,1-4H3. The van der Waals surface area contributed by atoms with Gasteiger partial charge in [-0.05, 0) is 20.8 Å². The molecule has 0 saturated carbocycles. The molecule has 1 aromatic rings. The van der Waals surface area contributed by atoms with Gasteiger partial charge in [0.25, 0.3) is 0 Å². The molecule has 0 amide bonds. The molecule has 0 spiro atoms. The minimum absolute atomic E-state index is 0.345. The van der Waals surface area contributed by atoms with Gasteiger partial charge in [0, 0.05) is 29.1 Å². The molecule has 0 aliphatic heterocycles. The van der Waals surface area contributed by atoms with Crippen molar-refractivity contribution in [2.24, 2.45) is 5.73 Å². The van der Waals surface area contributed by atoms with E-state index in [9.17, 15) is 5.11 Å². The van der Waals surface area contributed by atoms with Crippen molar-refractivity contribution in [3.05, 3.63) is 23.0 Å². The molecule has 0 aromatic carbocycles. The van der Waals surface area contributed by atoms with Crippen molar-refractivity contribution in [3.8, 4) is 5.75 Å². The smallest absolute Gasteiger partial charge is 0.128 e. The van der Waals surface area contributed by atoms with Crippen LogP contribution in [-0.4, -0.2) is 23.2 Å². The van der Waals surface area contributed by atoms with Gasteiger partial charge in [-0.15, -0.1) is 0 Å². The van der Waals surface area contributed by atoms with E-state index in [0.29, 0.717) is 11.3 Å². The normalized spacial score (nSPS) is 14.8. The first-order chi connectivity index (χ1) is 6.97. The van der Waals surface area contributed by atoms with Crippen LogP contribution >= 0.6 is 0 Å². The van der Waals surface area contributed by atoms with Crippen LogP contribution < -0.4 is 10.5 Å². The lowest BCUT2D eigenvalue weighted by molar-refractivity contribution is 0.148. The first kappa shape index (κ1) is 11.9. The number of pyridine rings is 1. The van der Waals surface area contributed by atoms with Gasteiger partial charge in [0.2, 0.25) is 0 Å². The third-order valence-corrected chi connectivity index (χ3v) is 2.35. The molecule has 0 bridgehead atoms. The molecule has 1 rings (SSSR count).